The summed E-state index contributed by atoms with van der Waals surface area (Å²) in [5.41, 5.74) is 2.02. The number of amides is 1. The molecule has 3 heterocycles. The van der Waals surface area contributed by atoms with Crippen molar-refractivity contribution in [3.05, 3.63) is 71.8 Å². The van der Waals surface area contributed by atoms with E-state index in [4.69, 9.17) is 4.74 Å². The highest BCUT2D eigenvalue weighted by Crippen LogP contribution is 2.33. The van der Waals surface area contributed by atoms with Crippen molar-refractivity contribution in [1.82, 2.24) is 19.7 Å². The molecule has 7 heteroatoms. The van der Waals surface area contributed by atoms with Crippen molar-refractivity contribution >= 4 is 11.6 Å². The lowest BCUT2D eigenvalue weighted by molar-refractivity contribution is 0.100. The number of hydrogen-bond donors (Lipinski definition) is 1. The fourth-order valence-electron chi connectivity index (χ4n) is 4.66. The van der Waals surface area contributed by atoms with E-state index in [1.54, 1.807) is 7.11 Å². The van der Waals surface area contributed by atoms with Crippen LogP contribution in [0.5, 0.6) is 5.75 Å². The van der Waals surface area contributed by atoms with Gasteiger partial charge in [0, 0.05) is 38.3 Å². The smallest absolute Gasteiger partial charge is 0.293 e. The molecule has 0 spiro atoms. The third-order valence-electron chi connectivity index (χ3n) is 6.12. The predicted octanol–water partition coefficient (Wildman–Crippen LogP) is 2.84. The van der Waals surface area contributed by atoms with E-state index in [0.29, 0.717) is 17.7 Å². The number of nitrogens with one attached hydrogen (secondary N) is 1. The van der Waals surface area contributed by atoms with Gasteiger partial charge in [0.25, 0.3) is 5.91 Å². The molecule has 1 amide bonds. The molecule has 5 rings (SSSR count). The highest BCUT2D eigenvalue weighted by molar-refractivity contribution is 6.01. The first kappa shape index (κ1) is 18.8. The summed E-state index contributed by atoms with van der Waals surface area (Å²) < 4.78 is 7.36. The van der Waals surface area contributed by atoms with Gasteiger partial charge >= 0.3 is 0 Å². The number of rotatable bonds is 5. The largest absolute Gasteiger partial charge is 0.497 e. The molecule has 0 radical (unpaired) electrons. The molecule has 2 aromatic carbocycles. The Morgan fingerprint density at radius 1 is 1.07 bits per heavy atom. The van der Waals surface area contributed by atoms with Crippen LogP contribution in [0.3, 0.4) is 0 Å². The number of methoxy groups -OCH3 is 1. The van der Waals surface area contributed by atoms with E-state index in [1.165, 1.54) is 5.56 Å². The SMILES string of the molecule is COc1cccc(CN2C[C@@H]3Cc4nnc(C(=O)Nc5ccccc5)n4C[C@@H]3C2)c1. The Morgan fingerprint density at radius 2 is 1.90 bits per heavy atom. The molecule has 1 saturated heterocycles. The van der Waals surface area contributed by atoms with Crippen molar-refractivity contribution in [2.75, 3.05) is 25.5 Å². The van der Waals surface area contributed by atoms with Gasteiger partial charge in [-0.2, -0.15) is 0 Å². The van der Waals surface area contributed by atoms with E-state index < -0.39 is 0 Å². The quantitative estimate of drug-likeness (QED) is 0.709. The number of aromatic nitrogens is 3. The summed E-state index contributed by atoms with van der Waals surface area (Å²) in [5, 5.41) is 11.5. The molecule has 2 aliphatic rings. The summed E-state index contributed by atoms with van der Waals surface area (Å²) in [4.78, 5) is 15.2. The van der Waals surface area contributed by atoms with Crippen LogP contribution in [0.25, 0.3) is 0 Å². The number of likely N-dealkylation sites (tertiary alicyclic amines) is 1. The second-order valence-corrected chi connectivity index (χ2v) is 8.14. The summed E-state index contributed by atoms with van der Waals surface area (Å²) >= 11 is 0. The van der Waals surface area contributed by atoms with Crippen molar-refractivity contribution in [1.29, 1.82) is 0 Å². The number of benzene rings is 2. The zero-order chi connectivity index (χ0) is 20.5. The average molecular weight is 403 g/mol. The van der Waals surface area contributed by atoms with Crippen molar-refractivity contribution in [2.24, 2.45) is 11.8 Å². The van der Waals surface area contributed by atoms with E-state index >= 15 is 0 Å². The maximum Gasteiger partial charge on any atom is 0.293 e. The van der Waals surface area contributed by atoms with Gasteiger partial charge in [0.2, 0.25) is 5.82 Å². The van der Waals surface area contributed by atoms with Gasteiger partial charge in [0.1, 0.15) is 11.6 Å². The van der Waals surface area contributed by atoms with Gasteiger partial charge in [-0.15, -0.1) is 10.2 Å². The van der Waals surface area contributed by atoms with Gasteiger partial charge in [-0.05, 0) is 41.7 Å². The Kier molecular flexibility index (Phi) is 4.96. The zero-order valence-electron chi connectivity index (χ0n) is 17.0. The van der Waals surface area contributed by atoms with Gasteiger partial charge in [-0.25, -0.2) is 0 Å². The minimum absolute atomic E-state index is 0.204. The third kappa shape index (κ3) is 3.68. The lowest BCUT2D eigenvalue weighted by Crippen LogP contribution is -2.31. The first-order valence-electron chi connectivity index (χ1n) is 10.3. The first-order valence-corrected chi connectivity index (χ1v) is 10.3. The number of carbonyl (C=O) groups excluding carboxylic acids is 1. The number of para-hydroxylation sites is 1. The van der Waals surface area contributed by atoms with Crippen LogP contribution in [0.15, 0.2) is 54.6 Å². The summed E-state index contributed by atoms with van der Waals surface area (Å²) in [6.07, 6.45) is 0.866. The molecular formula is C23H25N5O2. The fraction of sp³-hybridized carbons (Fsp3) is 0.348. The maximum atomic E-state index is 12.7. The van der Waals surface area contributed by atoms with Gasteiger partial charge in [-0.3, -0.25) is 9.69 Å². The molecule has 0 unspecified atom stereocenters. The normalized spacial score (nSPS) is 20.4. The molecule has 2 atom stereocenters. The number of anilines is 1. The molecule has 1 aromatic heterocycles. The van der Waals surface area contributed by atoms with Crippen LogP contribution in [0.4, 0.5) is 5.69 Å². The molecule has 0 aliphatic carbocycles. The second kappa shape index (κ2) is 7.91. The van der Waals surface area contributed by atoms with Crippen molar-refractivity contribution in [2.45, 2.75) is 19.5 Å². The molecule has 0 saturated carbocycles. The van der Waals surface area contributed by atoms with Crippen molar-refractivity contribution in [3.8, 4) is 5.75 Å². The lowest BCUT2D eigenvalue weighted by atomic mass is 9.89. The molecule has 154 valence electrons. The van der Waals surface area contributed by atoms with Crippen LogP contribution in [-0.2, 0) is 19.5 Å². The molecule has 1 N–H and O–H groups in total. The Morgan fingerprint density at radius 3 is 2.73 bits per heavy atom. The molecule has 0 bridgehead atoms. The number of fused-ring (bicyclic) bond motifs is 2. The molecule has 2 aliphatic heterocycles. The second-order valence-electron chi connectivity index (χ2n) is 8.14. The van der Waals surface area contributed by atoms with E-state index in [0.717, 1.165) is 49.9 Å². The van der Waals surface area contributed by atoms with Crippen LogP contribution in [0, 0.1) is 11.8 Å². The molecule has 30 heavy (non-hydrogen) atoms. The Labute approximate surface area is 175 Å². The summed E-state index contributed by atoms with van der Waals surface area (Å²) in [5.74, 6) is 3.06. The highest BCUT2D eigenvalue weighted by Gasteiger charge is 2.39. The van der Waals surface area contributed by atoms with Crippen LogP contribution in [0.1, 0.15) is 22.0 Å². The van der Waals surface area contributed by atoms with Crippen LogP contribution in [-0.4, -0.2) is 45.8 Å². The van der Waals surface area contributed by atoms with Crippen LogP contribution in [0.2, 0.25) is 0 Å². The molecular weight excluding hydrogens is 378 g/mol. The number of carbonyl (C=O) groups is 1. The number of ether oxygens (including phenoxy) is 1. The predicted molar refractivity (Wildman–Crippen MR) is 113 cm³/mol. The lowest BCUT2D eigenvalue weighted by Gasteiger charge is -2.25. The van der Waals surface area contributed by atoms with E-state index in [1.807, 2.05) is 47.0 Å². The standard InChI is InChI=1S/C23H25N5O2/c1-30-20-9-5-6-16(10-20)12-27-13-17-11-21-25-26-22(28(21)15-18(17)14-27)23(29)24-19-7-3-2-4-8-19/h2-10,17-18H,11-15H2,1H3,(H,24,29)/t17-,18-/m0/s1. The average Bonchev–Trinajstić information content (AvgIpc) is 3.35. The maximum absolute atomic E-state index is 12.7. The fourth-order valence-corrected chi connectivity index (χ4v) is 4.66. The van der Waals surface area contributed by atoms with Gasteiger partial charge in [-0.1, -0.05) is 30.3 Å². The molecule has 3 aromatic rings. The van der Waals surface area contributed by atoms with Gasteiger partial charge < -0.3 is 14.6 Å². The molecule has 1 fully saturated rings. The summed E-state index contributed by atoms with van der Waals surface area (Å²) in [6, 6.07) is 17.7. The van der Waals surface area contributed by atoms with E-state index in [-0.39, 0.29) is 5.91 Å². The van der Waals surface area contributed by atoms with E-state index in [2.05, 4.69) is 32.5 Å². The topological polar surface area (TPSA) is 72.3 Å². The van der Waals surface area contributed by atoms with Gasteiger partial charge in [0.05, 0.1) is 7.11 Å². The van der Waals surface area contributed by atoms with E-state index in [9.17, 15) is 4.79 Å². The first-order chi connectivity index (χ1) is 14.7. The zero-order valence-corrected chi connectivity index (χ0v) is 17.0. The van der Waals surface area contributed by atoms with Crippen molar-refractivity contribution in [3.63, 3.8) is 0 Å². The number of nitrogens with zero attached hydrogens (tertiary/aromatic N) is 4. The summed E-state index contributed by atoms with van der Waals surface area (Å²) in [6.45, 7) is 3.75. The number of hydrogen-bond acceptors (Lipinski definition) is 5. The highest BCUT2D eigenvalue weighted by atomic mass is 16.5. The van der Waals surface area contributed by atoms with Crippen LogP contribution >= 0.6 is 0 Å². The summed E-state index contributed by atoms with van der Waals surface area (Å²) in [7, 11) is 1.70. The minimum atomic E-state index is -0.204. The monoisotopic (exact) mass is 403 g/mol. The minimum Gasteiger partial charge on any atom is -0.497 e. The Balaban J connectivity index is 1.27. The Bertz CT molecular complexity index is 1050. The van der Waals surface area contributed by atoms with Crippen molar-refractivity contribution < 1.29 is 9.53 Å². The third-order valence-corrected chi connectivity index (χ3v) is 6.12. The Hall–Kier alpha value is -3.19. The van der Waals surface area contributed by atoms with Gasteiger partial charge in [0.15, 0.2) is 0 Å². The van der Waals surface area contributed by atoms with Crippen LogP contribution < -0.4 is 10.1 Å². The molecule has 7 nitrogen and oxygen atoms in total.